The van der Waals surface area contributed by atoms with Crippen LogP contribution in [0.1, 0.15) is 63.5 Å². The van der Waals surface area contributed by atoms with Crippen LogP contribution < -0.4 is 49.1 Å². The monoisotopic (exact) mass is 646 g/mol. The van der Waals surface area contributed by atoms with E-state index >= 15 is 0 Å². The maximum atomic E-state index is 13.3. The summed E-state index contributed by atoms with van der Waals surface area (Å²) in [6.07, 6.45) is 1.13. The molecule has 1 saturated heterocycles. The van der Waals surface area contributed by atoms with E-state index < -0.39 is 65.7 Å². The number of aliphatic carboxylic acids is 1. The van der Waals surface area contributed by atoms with Crippen LogP contribution in [0.2, 0.25) is 0 Å². The highest BCUT2D eigenvalue weighted by molar-refractivity contribution is 5.96. The predicted octanol–water partition coefficient (Wildman–Crippen LogP) is -2.60. The Balaban J connectivity index is 2.06. The summed E-state index contributed by atoms with van der Waals surface area (Å²) in [5.41, 5.74) is 16.9. The Morgan fingerprint density at radius 2 is 1.46 bits per heavy atom. The molecule has 2 rings (SSSR count). The molecule has 1 aliphatic heterocycles. The Labute approximate surface area is 267 Å². The average Bonchev–Trinajstić information content (AvgIpc) is 3.81. The van der Waals surface area contributed by atoms with E-state index in [9.17, 15) is 33.9 Å². The lowest BCUT2D eigenvalue weighted by molar-refractivity contribution is -0.142. The van der Waals surface area contributed by atoms with Gasteiger partial charge < -0.3 is 48.9 Å². The molecule has 1 heterocycles. The summed E-state index contributed by atoms with van der Waals surface area (Å²) in [7, 11) is 0. The van der Waals surface area contributed by atoms with Crippen molar-refractivity contribution in [3.8, 4) is 0 Å². The van der Waals surface area contributed by atoms with E-state index in [0.29, 0.717) is 25.8 Å². The molecular formula is C29H46N10O7. The highest BCUT2D eigenvalue weighted by Crippen LogP contribution is 2.29. The SMILES string of the molecule is CC(NC(=O)[C@H](CCCNC(=N)N)NC(=O)[C@H]1N[C@H]1c1ccccc1)C(=O)N[C@@H](CCC(N)=O)C(=O)NC(CCCCN)C(=O)O. The van der Waals surface area contributed by atoms with Crippen LogP contribution in [0.4, 0.5) is 0 Å². The molecule has 17 heteroatoms. The molecule has 1 aromatic carbocycles. The van der Waals surface area contributed by atoms with Crippen LogP contribution in [-0.4, -0.2) is 89.9 Å². The van der Waals surface area contributed by atoms with Crippen molar-refractivity contribution in [2.24, 2.45) is 17.2 Å². The molecule has 14 N–H and O–H groups in total. The number of benzene rings is 1. The van der Waals surface area contributed by atoms with Crippen LogP contribution in [0.25, 0.3) is 0 Å². The summed E-state index contributed by atoms with van der Waals surface area (Å²) in [5, 5.41) is 32.6. The fourth-order valence-corrected chi connectivity index (χ4v) is 4.63. The number of hydrogen-bond donors (Lipinski definition) is 11. The van der Waals surface area contributed by atoms with Crippen LogP contribution in [0.5, 0.6) is 0 Å². The fourth-order valence-electron chi connectivity index (χ4n) is 4.63. The molecule has 0 radical (unpaired) electrons. The van der Waals surface area contributed by atoms with Crippen molar-refractivity contribution < 1.29 is 33.9 Å². The molecule has 2 unspecified atom stereocenters. The third-order valence-electron chi connectivity index (χ3n) is 7.27. The zero-order valence-corrected chi connectivity index (χ0v) is 25.8. The number of amides is 5. The van der Waals surface area contributed by atoms with Crippen LogP contribution >= 0.6 is 0 Å². The second-order valence-corrected chi connectivity index (χ2v) is 11.1. The number of nitrogens with one attached hydrogen (secondary N) is 7. The van der Waals surface area contributed by atoms with Crippen LogP contribution in [0, 0.1) is 5.41 Å². The van der Waals surface area contributed by atoms with Crippen LogP contribution in [-0.2, 0) is 28.8 Å². The van der Waals surface area contributed by atoms with Crippen molar-refractivity contribution in [2.75, 3.05) is 13.1 Å². The van der Waals surface area contributed by atoms with Gasteiger partial charge in [-0.3, -0.25) is 34.7 Å². The Morgan fingerprint density at radius 1 is 0.848 bits per heavy atom. The normalized spacial score (nSPS) is 17.7. The second-order valence-electron chi connectivity index (χ2n) is 11.1. The van der Waals surface area contributed by atoms with Gasteiger partial charge in [-0.15, -0.1) is 0 Å². The van der Waals surface area contributed by atoms with Gasteiger partial charge >= 0.3 is 5.97 Å². The highest BCUT2D eigenvalue weighted by Gasteiger charge is 2.44. The molecule has 1 aromatic rings. The maximum absolute atomic E-state index is 13.3. The number of carbonyl (C=O) groups excluding carboxylic acids is 5. The zero-order chi connectivity index (χ0) is 34.2. The van der Waals surface area contributed by atoms with E-state index in [2.05, 4.69) is 31.9 Å². The number of primary amides is 1. The van der Waals surface area contributed by atoms with Gasteiger partial charge in [0.05, 0.1) is 6.04 Å². The van der Waals surface area contributed by atoms with E-state index in [-0.39, 0.29) is 44.2 Å². The molecule has 1 fully saturated rings. The Morgan fingerprint density at radius 3 is 2.07 bits per heavy atom. The summed E-state index contributed by atoms with van der Waals surface area (Å²) in [4.78, 5) is 75.4. The molecule has 0 bridgehead atoms. The van der Waals surface area contributed by atoms with Crippen LogP contribution in [0.15, 0.2) is 30.3 Å². The number of unbranched alkanes of at least 4 members (excludes halogenated alkanes) is 1. The summed E-state index contributed by atoms with van der Waals surface area (Å²) in [5.74, 6) is -4.94. The Kier molecular flexibility index (Phi) is 15.4. The Hall–Kier alpha value is -4.77. The third-order valence-corrected chi connectivity index (χ3v) is 7.27. The topological polar surface area (TPSA) is 307 Å². The first-order valence-corrected chi connectivity index (χ1v) is 15.2. The third kappa shape index (κ3) is 13.1. The van der Waals surface area contributed by atoms with Crippen molar-refractivity contribution in [3.05, 3.63) is 35.9 Å². The molecule has 1 aliphatic rings. The summed E-state index contributed by atoms with van der Waals surface area (Å²) < 4.78 is 0. The number of nitrogens with two attached hydrogens (primary N) is 3. The molecule has 0 spiro atoms. The Bertz CT molecular complexity index is 1230. The molecule has 6 atom stereocenters. The largest absolute Gasteiger partial charge is 0.480 e. The summed E-state index contributed by atoms with van der Waals surface area (Å²) in [6.45, 7) is 1.99. The minimum atomic E-state index is -1.32. The van der Waals surface area contributed by atoms with E-state index in [1.807, 2.05) is 30.3 Å². The van der Waals surface area contributed by atoms with Gasteiger partial charge in [0, 0.05) is 13.0 Å². The standard InChI is InChI=1S/C29H46N10O7/c1-16(24(41)36-19(12-13-21(31)40)26(43)38-20(28(45)46)10-5-6-14-30)35-25(42)18(11-7-15-34-29(32)33)37-27(44)23-22(39-23)17-8-3-2-4-9-17/h2-4,8-9,16,18-20,22-23,39H,5-7,10-15,30H2,1H3,(H2,31,40)(H,35,42)(H,36,41)(H,37,44)(H,38,43)(H,45,46)(H4,32,33,34)/t16?,18-,19-,20?,22-,23-/m0/s1. The lowest BCUT2D eigenvalue weighted by Crippen LogP contribution is -2.57. The van der Waals surface area contributed by atoms with Gasteiger partial charge in [-0.2, -0.15) is 0 Å². The van der Waals surface area contributed by atoms with Crippen molar-refractivity contribution >= 4 is 41.5 Å². The molecule has 46 heavy (non-hydrogen) atoms. The predicted molar refractivity (Wildman–Crippen MR) is 168 cm³/mol. The maximum Gasteiger partial charge on any atom is 0.326 e. The molecule has 5 amide bonds. The van der Waals surface area contributed by atoms with Gasteiger partial charge in [0.25, 0.3) is 0 Å². The first-order chi connectivity index (χ1) is 21.8. The fraction of sp³-hybridized carbons (Fsp3) is 0.552. The number of carboxylic acids is 1. The van der Waals surface area contributed by atoms with Gasteiger partial charge in [-0.1, -0.05) is 30.3 Å². The molecule has 17 nitrogen and oxygen atoms in total. The minimum absolute atomic E-state index is 0.110. The number of carboxylic acid groups (broad SMARTS) is 1. The van der Waals surface area contributed by atoms with Gasteiger partial charge in [0.1, 0.15) is 30.2 Å². The first-order valence-electron chi connectivity index (χ1n) is 15.2. The first kappa shape index (κ1) is 37.4. The zero-order valence-electron chi connectivity index (χ0n) is 25.8. The van der Waals surface area contributed by atoms with Gasteiger partial charge in [0.15, 0.2) is 5.96 Å². The number of rotatable bonds is 21. The molecule has 0 saturated carbocycles. The summed E-state index contributed by atoms with van der Waals surface area (Å²) >= 11 is 0. The van der Waals surface area contributed by atoms with Crippen molar-refractivity contribution in [2.45, 2.75) is 88.1 Å². The highest BCUT2D eigenvalue weighted by atomic mass is 16.4. The van der Waals surface area contributed by atoms with E-state index in [0.717, 1.165) is 5.56 Å². The molecule has 0 aromatic heterocycles. The van der Waals surface area contributed by atoms with Crippen LogP contribution in [0.3, 0.4) is 0 Å². The molecular weight excluding hydrogens is 600 g/mol. The number of carbonyl (C=O) groups is 6. The van der Waals surface area contributed by atoms with Gasteiger partial charge in [-0.25, -0.2) is 4.79 Å². The van der Waals surface area contributed by atoms with E-state index in [1.54, 1.807) is 0 Å². The van der Waals surface area contributed by atoms with Gasteiger partial charge in [0.2, 0.25) is 29.5 Å². The van der Waals surface area contributed by atoms with Crippen molar-refractivity contribution in [3.63, 3.8) is 0 Å². The molecule has 254 valence electrons. The number of hydrogen-bond acceptors (Lipinski definition) is 9. The lowest BCUT2D eigenvalue weighted by atomic mass is 10.1. The smallest absolute Gasteiger partial charge is 0.326 e. The second kappa shape index (κ2) is 18.9. The van der Waals surface area contributed by atoms with E-state index in [4.69, 9.17) is 22.6 Å². The molecule has 0 aliphatic carbocycles. The van der Waals surface area contributed by atoms with Crippen molar-refractivity contribution in [1.82, 2.24) is 31.9 Å². The number of guanidine groups is 1. The van der Waals surface area contributed by atoms with Gasteiger partial charge in [-0.05, 0) is 57.6 Å². The summed E-state index contributed by atoms with van der Waals surface area (Å²) in [6, 6.07) is 3.76. The lowest BCUT2D eigenvalue weighted by Gasteiger charge is -2.24. The quantitative estimate of drug-likeness (QED) is 0.0285. The minimum Gasteiger partial charge on any atom is -0.480 e. The van der Waals surface area contributed by atoms with E-state index in [1.165, 1.54) is 6.92 Å². The average molecular weight is 647 g/mol. The van der Waals surface area contributed by atoms with Crippen molar-refractivity contribution in [1.29, 1.82) is 5.41 Å².